The van der Waals surface area contributed by atoms with E-state index in [0.717, 1.165) is 17.4 Å². The van der Waals surface area contributed by atoms with Gasteiger partial charge < -0.3 is 15.4 Å². The van der Waals surface area contributed by atoms with Gasteiger partial charge in [-0.3, -0.25) is 0 Å². The number of halogens is 3. The minimum absolute atomic E-state index is 0.121. The summed E-state index contributed by atoms with van der Waals surface area (Å²) >= 11 is 0. The first kappa shape index (κ1) is 14.2. The Labute approximate surface area is 119 Å². The van der Waals surface area contributed by atoms with E-state index in [9.17, 15) is 18.3 Å². The van der Waals surface area contributed by atoms with Gasteiger partial charge in [0.25, 0.3) is 0 Å². The number of hydrogen-bond acceptors (Lipinski definition) is 3. The number of aliphatic hydroxyl groups is 1. The molecule has 0 saturated heterocycles. The molecule has 2 unspecified atom stereocenters. The summed E-state index contributed by atoms with van der Waals surface area (Å²) in [6, 6.07) is 4.55. The Morgan fingerprint density at radius 2 is 2.10 bits per heavy atom. The van der Waals surface area contributed by atoms with E-state index in [1.165, 1.54) is 6.07 Å². The Balaban J connectivity index is 2.09. The van der Waals surface area contributed by atoms with E-state index >= 15 is 0 Å². The second-order valence-corrected chi connectivity index (χ2v) is 5.55. The molecule has 7 heteroatoms. The minimum atomic E-state index is -4.53. The van der Waals surface area contributed by atoms with Crippen LogP contribution in [-0.2, 0) is 12.7 Å². The third-order valence-corrected chi connectivity index (χ3v) is 4.06. The Morgan fingerprint density at radius 1 is 1.33 bits per heavy atom. The van der Waals surface area contributed by atoms with Crippen molar-refractivity contribution in [3.05, 3.63) is 24.0 Å². The molecule has 3 rings (SSSR count). The first-order valence-corrected chi connectivity index (χ1v) is 6.87. The normalized spacial score (nSPS) is 23.0. The Bertz CT molecular complexity index is 665. The summed E-state index contributed by atoms with van der Waals surface area (Å²) in [4.78, 5) is 3.69. The van der Waals surface area contributed by atoms with Gasteiger partial charge in [-0.15, -0.1) is 0 Å². The van der Waals surface area contributed by atoms with Crippen molar-refractivity contribution in [1.29, 1.82) is 0 Å². The molecule has 1 fully saturated rings. The van der Waals surface area contributed by atoms with Gasteiger partial charge in [-0.25, -0.2) is 4.98 Å². The molecule has 0 amide bonds. The number of rotatable bonds is 2. The quantitative estimate of drug-likeness (QED) is 0.838. The van der Waals surface area contributed by atoms with Crippen LogP contribution >= 0.6 is 0 Å². The van der Waals surface area contributed by atoms with E-state index in [-0.39, 0.29) is 18.0 Å². The standard InChI is InChI=1S/C14H16F3N3O/c15-14(16,17)13-19-10-6-9(18)4-5-11(10)20(13)7-8-2-1-3-12(8)21/h4-6,8,12,21H,1-3,7,18H2. The highest BCUT2D eigenvalue weighted by molar-refractivity contribution is 5.79. The lowest BCUT2D eigenvalue weighted by molar-refractivity contribution is -0.147. The highest BCUT2D eigenvalue weighted by Crippen LogP contribution is 2.35. The number of nitrogen functional groups attached to an aromatic ring is 1. The molecule has 1 aromatic carbocycles. The third-order valence-electron chi connectivity index (χ3n) is 4.06. The van der Waals surface area contributed by atoms with Gasteiger partial charge in [-0.05, 0) is 31.0 Å². The van der Waals surface area contributed by atoms with Crippen LogP contribution in [0.5, 0.6) is 0 Å². The first-order valence-electron chi connectivity index (χ1n) is 6.87. The molecule has 114 valence electrons. The highest BCUT2D eigenvalue weighted by atomic mass is 19.4. The van der Waals surface area contributed by atoms with Crippen molar-refractivity contribution in [3.63, 3.8) is 0 Å². The van der Waals surface area contributed by atoms with Gasteiger partial charge in [0.1, 0.15) is 0 Å². The minimum Gasteiger partial charge on any atom is -0.399 e. The van der Waals surface area contributed by atoms with E-state index in [1.807, 2.05) is 0 Å². The van der Waals surface area contributed by atoms with Crippen molar-refractivity contribution < 1.29 is 18.3 Å². The molecule has 0 spiro atoms. The fourth-order valence-electron chi connectivity index (χ4n) is 3.01. The van der Waals surface area contributed by atoms with Crippen LogP contribution in [0.4, 0.5) is 18.9 Å². The van der Waals surface area contributed by atoms with Gasteiger partial charge in [0.2, 0.25) is 5.82 Å². The number of alkyl halides is 3. The van der Waals surface area contributed by atoms with Gasteiger partial charge in [0, 0.05) is 18.2 Å². The second kappa shape index (κ2) is 4.91. The van der Waals surface area contributed by atoms with Gasteiger partial charge in [0.15, 0.2) is 0 Å². The van der Waals surface area contributed by atoms with Crippen LogP contribution in [0.3, 0.4) is 0 Å². The molecule has 1 saturated carbocycles. The lowest BCUT2D eigenvalue weighted by Crippen LogP contribution is -2.23. The summed E-state index contributed by atoms with van der Waals surface area (Å²) in [5.74, 6) is -1.09. The number of fused-ring (bicyclic) bond motifs is 1. The predicted molar refractivity (Wildman–Crippen MR) is 72.5 cm³/mol. The first-order chi connectivity index (χ1) is 9.86. The molecule has 2 atom stereocenters. The van der Waals surface area contributed by atoms with Gasteiger partial charge in [0.05, 0.1) is 17.1 Å². The van der Waals surface area contributed by atoms with E-state index in [1.54, 1.807) is 12.1 Å². The summed E-state index contributed by atoms with van der Waals surface area (Å²) in [5.41, 5.74) is 6.61. The lowest BCUT2D eigenvalue weighted by Gasteiger charge is -2.18. The maximum absolute atomic E-state index is 13.2. The molecular formula is C14H16F3N3O. The van der Waals surface area contributed by atoms with Crippen LogP contribution in [0.2, 0.25) is 0 Å². The second-order valence-electron chi connectivity index (χ2n) is 5.55. The van der Waals surface area contributed by atoms with Crippen molar-refractivity contribution in [1.82, 2.24) is 9.55 Å². The van der Waals surface area contributed by atoms with Gasteiger partial charge in [-0.1, -0.05) is 6.42 Å². The number of hydrogen-bond donors (Lipinski definition) is 2. The van der Waals surface area contributed by atoms with Crippen LogP contribution in [0.15, 0.2) is 18.2 Å². The highest BCUT2D eigenvalue weighted by Gasteiger charge is 2.39. The van der Waals surface area contributed by atoms with E-state index in [2.05, 4.69) is 4.98 Å². The molecule has 1 aliphatic rings. The van der Waals surface area contributed by atoms with Crippen molar-refractivity contribution in [2.45, 2.75) is 38.1 Å². The summed E-state index contributed by atoms with van der Waals surface area (Å²) in [7, 11) is 0. The molecule has 1 aromatic heterocycles. The monoisotopic (exact) mass is 299 g/mol. The Hall–Kier alpha value is -1.76. The van der Waals surface area contributed by atoms with E-state index in [4.69, 9.17) is 5.73 Å². The predicted octanol–water partition coefficient (Wildman–Crippen LogP) is 2.80. The lowest BCUT2D eigenvalue weighted by atomic mass is 10.1. The molecule has 2 aromatic rings. The van der Waals surface area contributed by atoms with Crippen molar-refractivity contribution >= 4 is 16.7 Å². The van der Waals surface area contributed by atoms with Crippen LogP contribution in [0.1, 0.15) is 25.1 Å². The number of nitrogens with two attached hydrogens (primary N) is 1. The van der Waals surface area contributed by atoms with Crippen molar-refractivity contribution in [3.8, 4) is 0 Å². The zero-order valence-corrected chi connectivity index (χ0v) is 11.3. The fraction of sp³-hybridized carbons (Fsp3) is 0.500. The average Bonchev–Trinajstić information content (AvgIpc) is 2.94. The average molecular weight is 299 g/mol. The van der Waals surface area contributed by atoms with E-state index < -0.39 is 18.1 Å². The number of benzene rings is 1. The summed E-state index contributed by atoms with van der Waals surface area (Å²) in [6.45, 7) is 0.121. The van der Waals surface area contributed by atoms with Gasteiger partial charge >= 0.3 is 6.18 Å². The molecule has 4 nitrogen and oxygen atoms in total. The summed E-state index contributed by atoms with van der Waals surface area (Å²) in [6.07, 6.45) is -2.86. The molecule has 1 heterocycles. The number of nitrogens with zero attached hydrogens (tertiary/aromatic N) is 2. The van der Waals surface area contributed by atoms with Crippen LogP contribution in [0.25, 0.3) is 11.0 Å². The molecule has 3 N–H and O–H groups in total. The SMILES string of the molecule is Nc1ccc2c(c1)nc(C(F)(F)F)n2CC1CCCC1O. The zero-order chi connectivity index (χ0) is 15.2. The molecule has 21 heavy (non-hydrogen) atoms. The number of aromatic nitrogens is 2. The molecular weight excluding hydrogens is 283 g/mol. The third kappa shape index (κ3) is 2.57. The van der Waals surface area contributed by atoms with E-state index in [0.29, 0.717) is 17.6 Å². The maximum atomic E-state index is 13.2. The molecule has 0 radical (unpaired) electrons. The van der Waals surface area contributed by atoms with Gasteiger partial charge in [-0.2, -0.15) is 13.2 Å². The summed E-state index contributed by atoms with van der Waals surface area (Å²) in [5, 5.41) is 9.86. The molecule has 1 aliphatic carbocycles. The Morgan fingerprint density at radius 3 is 2.71 bits per heavy atom. The number of aliphatic hydroxyl groups excluding tert-OH is 1. The Kier molecular flexibility index (Phi) is 3.32. The zero-order valence-electron chi connectivity index (χ0n) is 11.3. The number of anilines is 1. The van der Waals surface area contributed by atoms with Crippen LogP contribution in [-0.4, -0.2) is 20.8 Å². The summed E-state index contributed by atoms with van der Waals surface area (Å²) < 4.78 is 40.7. The van der Waals surface area contributed by atoms with Crippen LogP contribution < -0.4 is 5.73 Å². The van der Waals surface area contributed by atoms with Crippen molar-refractivity contribution in [2.24, 2.45) is 5.92 Å². The largest absolute Gasteiger partial charge is 0.449 e. The number of imidazole rings is 1. The smallest absolute Gasteiger partial charge is 0.399 e. The fourth-order valence-corrected chi connectivity index (χ4v) is 3.01. The van der Waals surface area contributed by atoms with Crippen molar-refractivity contribution in [2.75, 3.05) is 5.73 Å². The molecule has 0 bridgehead atoms. The van der Waals surface area contributed by atoms with Crippen LogP contribution in [0, 0.1) is 5.92 Å². The maximum Gasteiger partial charge on any atom is 0.449 e. The topological polar surface area (TPSA) is 64.1 Å². The molecule has 0 aliphatic heterocycles.